The average molecular weight is 456 g/mol. The fourth-order valence-corrected chi connectivity index (χ4v) is 4.27. The predicted molar refractivity (Wildman–Crippen MR) is 120 cm³/mol. The first-order valence-corrected chi connectivity index (χ1v) is 11.2. The van der Waals surface area contributed by atoms with Gasteiger partial charge in [-0.3, -0.25) is 9.59 Å². The van der Waals surface area contributed by atoms with E-state index in [-0.39, 0.29) is 24.5 Å². The van der Waals surface area contributed by atoms with Crippen molar-refractivity contribution in [2.24, 2.45) is 0 Å². The van der Waals surface area contributed by atoms with Crippen LogP contribution in [0.5, 0.6) is 0 Å². The number of hydrogen-bond acceptors (Lipinski definition) is 7. The van der Waals surface area contributed by atoms with E-state index in [9.17, 15) is 9.59 Å². The molecular weight excluding hydrogens is 430 g/mol. The lowest BCUT2D eigenvalue weighted by Crippen LogP contribution is -2.33. The molecule has 3 aromatic rings. The van der Waals surface area contributed by atoms with Crippen molar-refractivity contribution in [3.63, 3.8) is 0 Å². The number of carbonyl (C=O) groups excluding carboxylic acids is 2. The summed E-state index contributed by atoms with van der Waals surface area (Å²) in [5.74, 6) is 0.826. The van der Waals surface area contributed by atoms with Gasteiger partial charge in [-0.25, -0.2) is 4.98 Å². The Hall–Kier alpha value is -3.01. The smallest absolute Gasteiger partial charge is 0.265 e. The van der Waals surface area contributed by atoms with E-state index in [0.717, 1.165) is 23.3 Å². The molecule has 168 valence electrons. The summed E-state index contributed by atoms with van der Waals surface area (Å²) in [6, 6.07) is 10.9. The molecule has 8 nitrogen and oxygen atoms in total. The van der Waals surface area contributed by atoms with Crippen LogP contribution < -0.4 is 10.6 Å². The van der Waals surface area contributed by atoms with Crippen molar-refractivity contribution in [3.05, 3.63) is 57.6 Å². The van der Waals surface area contributed by atoms with Gasteiger partial charge in [0.2, 0.25) is 11.8 Å². The molecule has 0 spiro atoms. The molecule has 1 unspecified atom stereocenters. The van der Waals surface area contributed by atoms with E-state index in [4.69, 9.17) is 13.9 Å². The van der Waals surface area contributed by atoms with Gasteiger partial charge in [0.25, 0.3) is 5.91 Å². The van der Waals surface area contributed by atoms with E-state index >= 15 is 0 Å². The number of hydrogen-bond donors (Lipinski definition) is 2. The number of benzene rings is 1. The number of anilines is 1. The number of methoxy groups -OCH3 is 1. The molecule has 9 heteroatoms. The molecule has 2 N–H and O–H groups in total. The Morgan fingerprint density at radius 3 is 2.75 bits per heavy atom. The highest BCUT2D eigenvalue weighted by Gasteiger charge is 2.24. The summed E-state index contributed by atoms with van der Waals surface area (Å²) in [6.45, 7) is 3.22. The Balaban J connectivity index is 1.36. The Morgan fingerprint density at radius 2 is 2.03 bits per heavy atom. The summed E-state index contributed by atoms with van der Waals surface area (Å²) < 4.78 is 16.3. The molecular formula is C23H25N3O5S. The van der Waals surface area contributed by atoms with Crippen molar-refractivity contribution in [2.75, 3.05) is 19.0 Å². The Kier molecular flexibility index (Phi) is 6.99. The highest BCUT2D eigenvalue weighted by atomic mass is 32.1. The molecule has 1 aromatic carbocycles. The summed E-state index contributed by atoms with van der Waals surface area (Å²) in [6.07, 6.45) is 1.28. The van der Waals surface area contributed by atoms with Crippen LogP contribution in [0, 0.1) is 6.92 Å². The normalized spacial score (nSPS) is 15.6. The molecule has 1 saturated heterocycles. The second-order valence-electron chi connectivity index (χ2n) is 7.47. The molecule has 2 amide bonds. The van der Waals surface area contributed by atoms with E-state index < -0.39 is 0 Å². The highest BCUT2D eigenvalue weighted by Crippen LogP contribution is 2.24. The van der Waals surface area contributed by atoms with Crippen LogP contribution in [0.25, 0.3) is 11.5 Å². The van der Waals surface area contributed by atoms with Gasteiger partial charge in [-0.05, 0) is 56.2 Å². The minimum Gasteiger partial charge on any atom is -0.441 e. The second kappa shape index (κ2) is 10.1. The largest absolute Gasteiger partial charge is 0.441 e. The van der Waals surface area contributed by atoms with E-state index in [2.05, 4.69) is 15.6 Å². The van der Waals surface area contributed by atoms with Crippen molar-refractivity contribution < 1.29 is 23.5 Å². The van der Waals surface area contributed by atoms with Crippen molar-refractivity contribution >= 4 is 28.8 Å². The van der Waals surface area contributed by atoms with Crippen LogP contribution in [0.3, 0.4) is 0 Å². The second-order valence-corrected chi connectivity index (χ2v) is 8.64. The number of carbonyl (C=O) groups is 2. The minimum atomic E-state index is -0.370. The number of aryl methyl sites for hydroxylation is 1. The quantitative estimate of drug-likeness (QED) is 0.534. The number of amides is 2. The number of aromatic nitrogens is 1. The van der Waals surface area contributed by atoms with Gasteiger partial charge < -0.3 is 24.5 Å². The average Bonchev–Trinajstić information content (AvgIpc) is 3.54. The third-order valence-electron chi connectivity index (χ3n) is 5.11. The molecule has 2 aromatic heterocycles. The van der Waals surface area contributed by atoms with Crippen molar-refractivity contribution in [1.29, 1.82) is 0 Å². The number of nitrogens with one attached hydrogen (secondary N) is 2. The Bertz CT molecular complexity index is 1080. The number of nitrogens with zero attached hydrogens (tertiary/aromatic N) is 1. The van der Waals surface area contributed by atoms with Gasteiger partial charge in [-0.1, -0.05) is 0 Å². The standard InChI is InChI=1S/C23H25N3O5S/c1-14-18(12-24-21(27)19-4-3-11-30-19)26-23(31-14)15-5-7-16(8-6-15)25-22(28)20-10-9-17(32-20)13-29-2/h5-10,19H,3-4,11-13H2,1-2H3,(H,24,27)(H,25,28). The van der Waals surface area contributed by atoms with Crippen LogP contribution in [0.15, 0.2) is 40.8 Å². The molecule has 0 radical (unpaired) electrons. The first kappa shape index (κ1) is 22.2. The summed E-state index contributed by atoms with van der Waals surface area (Å²) >= 11 is 1.40. The van der Waals surface area contributed by atoms with E-state index in [1.165, 1.54) is 11.3 Å². The lowest BCUT2D eigenvalue weighted by molar-refractivity contribution is -0.130. The van der Waals surface area contributed by atoms with Crippen LogP contribution >= 0.6 is 11.3 Å². The first-order valence-electron chi connectivity index (χ1n) is 10.4. The molecule has 3 heterocycles. The zero-order valence-corrected chi connectivity index (χ0v) is 18.8. The maximum Gasteiger partial charge on any atom is 0.265 e. The molecule has 0 aliphatic carbocycles. The van der Waals surface area contributed by atoms with Crippen molar-refractivity contribution in [3.8, 4) is 11.5 Å². The van der Waals surface area contributed by atoms with Gasteiger partial charge in [-0.15, -0.1) is 11.3 Å². The lowest BCUT2D eigenvalue weighted by atomic mass is 10.2. The third kappa shape index (κ3) is 5.24. The van der Waals surface area contributed by atoms with Crippen LogP contribution in [0.4, 0.5) is 5.69 Å². The highest BCUT2D eigenvalue weighted by molar-refractivity contribution is 7.14. The SMILES string of the molecule is COCc1ccc(C(=O)Nc2ccc(-c3nc(CNC(=O)C4CCCO4)c(C)o3)cc2)s1. The van der Waals surface area contributed by atoms with E-state index in [1.54, 1.807) is 25.3 Å². The third-order valence-corrected chi connectivity index (χ3v) is 6.16. The first-order chi connectivity index (χ1) is 15.5. The Labute approximate surface area is 189 Å². The fourth-order valence-electron chi connectivity index (χ4n) is 3.39. The molecule has 1 aliphatic rings. The van der Waals surface area contributed by atoms with Gasteiger partial charge >= 0.3 is 0 Å². The molecule has 32 heavy (non-hydrogen) atoms. The number of rotatable bonds is 8. The number of thiophene rings is 1. The number of oxazole rings is 1. The van der Waals surface area contributed by atoms with Gasteiger partial charge in [0.05, 0.1) is 18.0 Å². The lowest BCUT2D eigenvalue weighted by Gasteiger charge is -2.09. The van der Waals surface area contributed by atoms with Crippen molar-refractivity contribution in [2.45, 2.75) is 39.0 Å². The fraction of sp³-hybridized carbons (Fsp3) is 0.348. The van der Waals surface area contributed by atoms with Crippen molar-refractivity contribution in [1.82, 2.24) is 10.3 Å². The predicted octanol–water partition coefficient (Wildman–Crippen LogP) is 3.91. The summed E-state index contributed by atoms with van der Waals surface area (Å²) in [5.41, 5.74) is 2.13. The molecule has 1 atom stereocenters. The summed E-state index contributed by atoms with van der Waals surface area (Å²) in [7, 11) is 1.63. The van der Waals surface area contributed by atoms with Crippen LogP contribution in [0.2, 0.25) is 0 Å². The summed E-state index contributed by atoms with van der Waals surface area (Å²) in [5, 5.41) is 5.75. The maximum atomic E-state index is 12.4. The zero-order valence-electron chi connectivity index (χ0n) is 18.0. The van der Waals surface area contributed by atoms with E-state index in [0.29, 0.717) is 41.1 Å². The van der Waals surface area contributed by atoms with Crippen LogP contribution in [0.1, 0.15) is 38.8 Å². The maximum absolute atomic E-state index is 12.4. The van der Waals surface area contributed by atoms with Gasteiger partial charge in [-0.2, -0.15) is 0 Å². The zero-order chi connectivity index (χ0) is 22.5. The van der Waals surface area contributed by atoms with Gasteiger partial charge in [0.1, 0.15) is 17.6 Å². The van der Waals surface area contributed by atoms with E-state index in [1.807, 2.05) is 25.1 Å². The molecule has 0 bridgehead atoms. The molecule has 4 rings (SSSR count). The molecule has 1 aliphatic heterocycles. The van der Waals surface area contributed by atoms with Crippen LogP contribution in [-0.4, -0.2) is 36.6 Å². The molecule has 1 fully saturated rings. The monoisotopic (exact) mass is 455 g/mol. The minimum absolute atomic E-state index is 0.119. The van der Waals surface area contributed by atoms with Crippen LogP contribution in [-0.2, 0) is 27.4 Å². The number of ether oxygens (including phenoxy) is 2. The summed E-state index contributed by atoms with van der Waals surface area (Å²) in [4.78, 5) is 30.7. The topological polar surface area (TPSA) is 103 Å². The van der Waals surface area contributed by atoms with Gasteiger partial charge in [0, 0.05) is 29.8 Å². The van der Waals surface area contributed by atoms with Gasteiger partial charge in [0.15, 0.2) is 0 Å². The molecule has 0 saturated carbocycles. The Morgan fingerprint density at radius 1 is 1.22 bits per heavy atom.